The Balaban J connectivity index is 1.69. The van der Waals surface area contributed by atoms with Crippen LogP contribution in [-0.4, -0.2) is 51.8 Å². The van der Waals surface area contributed by atoms with Gasteiger partial charge in [0.25, 0.3) is 5.91 Å². The molecule has 0 radical (unpaired) electrons. The predicted molar refractivity (Wildman–Crippen MR) is 129 cm³/mol. The second-order valence-corrected chi connectivity index (χ2v) is 9.23. The Morgan fingerprint density at radius 1 is 1.16 bits per heavy atom. The van der Waals surface area contributed by atoms with Crippen molar-refractivity contribution in [3.8, 4) is 0 Å². The Bertz CT molecular complexity index is 1230. The molecular formula is C26H28F3N5O3. The van der Waals surface area contributed by atoms with E-state index in [2.05, 4.69) is 15.6 Å². The molecule has 8 nitrogen and oxygen atoms in total. The van der Waals surface area contributed by atoms with Gasteiger partial charge in [-0.15, -0.1) is 0 Å². The molecular weight excluding hydrogens is 487 g/mol. The van der Waals surface area contributed by atoms with Gasteiger partial charge in [-0.25, -0.2) is 4.79 Å². The van der Waals surface area contributed by atoms with Gasteiger partial charge in [-0.05, 0) is 36.6 Å². The van der Waals surface area contributed by atoms with Gasteiger partial charge in [-0.1, -0.05) is 38.1 Å². The van der Waals surface area contributed by atoms with E-state index in [1.54, 1.807) is 45.2 Å². The predicted octanol–water partition coefficient (Wildman–Crippen LogP) is 3.62. The van der Waals surface area contributed by atoms with Crippen molar-refractivity contribution in [2.45, 2.75) is 45.6 Å². The van der Waals surface area contributed by atoms with E-state index in [1.807, 2.05) is 0 Å². The van der Waals surface area contributed by atoms with Crippen LogP contribution in [-0.2, 0) is 22.3 Å². The monoisotopic (exact) mass is 515 g/mol. The lowest BCUT2D eigenvalue weighted by Crippen LogP contribution is -2.51. The number of likely N-dealkylation sites (N-methyl/N-ethyl adjacent to an activating group) is 1. The van der Waals surface area contributed by atoms with E-state index in [-0.39, 0.29) is 36.7 Å². The quantitative estimate of drug-likeness (QED) is 0.589. The Morgan fingerprint density at radius 3 is 2.49 bits per heavy atom. The summed E-state index contributed by atoms with van der Waals surface area (Å²) in [5.74, 6) is -1.31. The molecule has 3 heterocycles. The van der Waals surface area contributed by atoms with Crippen LogP contribution in [0.15, 0.2) is 59.9 Å². The fourth-order valence-electron chi connectivity index (χ4n) is 4.90. The maximum atomic E-state index is 13.8. The fourth-order valence-corrected chi connectivity index (χ4v) is 4.90. The number of halogens is 3. The molecule has 0 spiro atoms. The zero-order valence-electron chi connectivity index (χ0n) is 20.7. The van der Waals surface area contributed by atoms with Crippen LogP contribution in [0.5, 0.6) is 0 Å². The maximum Gasteiger partial charge on any atom is 0.416 e. The summed E-state index contributed by atoms with van der Waals surface area (Å²) in [4.78, 5) is 46.8. The normalized spacial score (nSPS) is 18.7. The maximum absolute atomic E-state index is 13.8. The standard InChI is InChI=1S/C26H28F3N5O3/c1-4-33-19-14-34(22(15(2)3)23(35)31-13-16-9-7-8-12-30-16)24(36)20(19)21(32-25(33)37)17-10-5-6-11-18(17)26(27,28)29/h5-12,15,21-22H,4,13-14H2,1-3H3,(H,31,35)(H,32,37)/t21-,22+/m1/s1. The molecule has 1 aromatic carbocycles. The van der Waals surface area contributed by atoms with Crippen LogP contribution < -0.4 is 10.6 Å². The van der Waals surface area contributed by atoms with Crippen molar-refractivity contribution in [1.82, 2.24) is 25.4 Å². The average molecular weight is 516 g/mol. The number of carbonyl (C=O) groups is 3. The minimum absolute atomic E-state index is 0.0429. The molecule has 0 unspecified atom stereocenters. The first-order chi connectivity index (χ1) is 17.5. The lowest BCUT2D eigenvalue weighted by Gasteiger charge is -2.33. The smallest absolute Gasteiger partial charge is 0.349 e. The first-order valence-electron chi connectivity index (χ1n) is 12.0. The van der Waals surface area contributed by atoms with Crippen LogP contribution in [0.4, 0.5) is 18.0 Å². The third-order valence-corrected chi connectivity index (χ3v) is 6.55. The molecule has 4 amide bonds. The summed E-state index contributed by atoms with van der Waals surface area (Å²) < 4.78 is 41.5. The first kappa shape index (κ1) is 26.2. The Kier molecular flexibility index (Phi) is 7.24. The number of alkyl halides is 3. The Morgan fingerprint density at radius 2 is 1.86 bits per heavy atom. The van der Waals surface area contributed by atoms with Crippen molar-refractivity contribution in [1.29, 1.82) is 0 Å². The first-order valence-corrected chi connectivity index (χ1v) is 12.0. The highest BCUT2D eigenvalue weighted by Gasteiger charge is 2.49. The molecule has 0 bridgehead atoms. The summed E-state index contributed by atoms with van der Waals surface area (Å²) in [6, 6.07) is 7.37. The second kappa shape index (κ2) is 10.2. The van der Waals surface area contributed by atoms with Gasteiger partial charge in [0.2, 0.25) is 5.91 Å². The zero-order chi connectivity index (χ0) is 26.9. The van der Waals surface area contributed by atoms with E-state index in [0.717, 1.165) is 6.07 Å². The lowest BCUT2D eigenvalue weighted by molar-refractivity contribution is -0.139. The molecule has 0 aliphatic carbocycles. The van der Waals surface area contributed by atoms with Crippen molar-refractivity contribution in [3.63, 3.8) is 0 Å². The minimum Gasteiger partial charge on any atom is -0.349 e. The zero-order valence-corrected chi connectivity index (χ0v) is 20.7. The van der Waals surface area contributed by atoms with Gasteiger partial charge in [-0.3, -0.25) is 19.5 Å². The largest absolute Gasteiger partial charge is 0.416 e. The van der Waals surface area contributed by atoms with Crippen LogP contribution in [0.1, 0.15) is 43.6 Å². The highest BCUT2D eigenvalue weighted by molar-refractivity contribution is 6.03. The highest BCUT2D eigenvalue weighted by atomic mass is 19.4. The Labute approximate surface area is 212 Å². The van der Waals surface area contributed by atoms with Gasteiger partial charge in [0.05, 0.1) is 41.7 Å². The molecule has 1 aromatic heterocycles. The number of carbonyl (C=O) groups excluding carboxylic acids is 3. The number of aromatic nitrogens is 1. The van der Waals surface area contributed by atoms with Crippen LogP contribution >= 0.6 is 0 Å². The number of amides is 4. The molecule has 196 valence electrons. The van der Waals surface area contributed by atoms with Crippen molar-refractivity contribution < 1.29 is 27.6 Å². The summed E-state index contributed by atoms with van der Waals surface area (Å²) >= 11 is 0. The van der Waals surface area contributed by atoms with Crippen LogP contribution in [0.2, 0.25) is 0 Å². The number of rotatable bonds is 7. The van der Waals surface area contributed by atoms with Gasteiger partial charge in [0, 0.05) is 12.7 Å². The molecule has 2 aliphatic heterocycles. The van der Waals surface area contributed by atoms with E-state index in [9.17, 15) is 27.6 Å². The van der Waals surface area contributed by atoms with Crippen molar-refractivity contribution in [3.05, 3.63) is 76.8 Å². The van der Waals surface area contributed by atoms with Crippen molar-refractivity contribution in [2.24, 2.45) is 5.92 Å². The van der Waals surface area contributed by atoms with Crippen LogP contribution in [0.25, 0.3) is 0 Å². The van der Waals surface area contributed by atoms with Gasteiger partial charge in [0.1, 0.15) is 6.04 Å². The van der Waals surface area contributed by atoms with Crippen molar-refractivity contribution >= 4 is 17.8 Å². The highest BCUT2D eigenvalue weighted by Crippen LogP contribution is 2.42. The van der Waals surface area contributed by atoms with E-state index >= 15 is 0 Å². The third-order valence-electron chi connectivity index (χ3n) is 6.55. The number of hydrogen-bond donors (Lipinski definition) is 2. The number of nitrogens with zero attached hydrogens (tertiary/aromatic N) is 3. The van der Waals surface area contributed by atoms with Gasteiger partial charge < -0.3 is 15.5 Å². The number of hydrogen-bond acceptors (Lipinski definition) is 4. The van der Waals surface area contributed by atoms with Gasteiger partial charge in [0.15, 0.2) is 0 Å². The minimum atomic E-state index is -4.68. The topological polar surface area (TPSA) is 94.6 Å². The van der Waals surface area contributed by atoms with E-state index < -0.39 is 41.7 Å². The molecule has 2 N–H and O–H groups in total. The molecule has 0 fully saturated rings. The summed E-state index contributed by atoms with van der Waals surface area (Å²) in [7, 11) is 0. The van der Waals surface area contributed by atoms with Crippen LogP contribution in [0.3, 0.4) is 0 Å². The molecule has 2 aliphatic rings. The number of benzene rings is 1. The van der Waals surface area contributed by atoms with Crippen molar-refractivity contribution in [2.75, 3.05) is 13.1 Å². The van der Waals surface area contributed by atoms with E-state index in [0.29, 0.717) is 11.4 Å². The molecule has 0 saturated heterocycles. The molecule has 2 atom stereocenters. The molecule has 0 saturated carbocycles. The number of pyridine rings is 1. The number of nitrogens with one attached hydrogen (secondary N) is 2. The second-order valence-electron chi connectivity index (χ2n) is 9.23. The average Bonchev–Trinajstić information content (AvgIpc) is 3.18. The summed E-state index contributed by atoms with van der Waals surface area (Å²) in [6.45, 7) is 5.57. The SMILES string of the molecule is CCN1C(=O)N[C@H](c2ccccc2C(F)(F)F)C2=C1CN([C@H](C(=O)NCc1ccccn1)C(C)C)C2=O. The molecule has 2 aromatic rings. The van der Waals surface area contributed by atoms with Gasteiger partial charge >= 0.3 is 12.2 Å². The molecule has 11 heteroatoms. The van der Waals surface area contributed by atoms with Crippen LogP contribution in [0, 0.1) is 5.92 Å². The lowest BCUT2D eigenvalue weighted by atomic mass is 9.91. The summed E-state index contributed by atoms with van der Waals surface area (Å²) in [6.07, 6.45) is -3.08. The van der Waals surface area contributed by atoms with E-state index in [4.69, 9.17) is 0 Å². The summed E-state index contributed by atoms with van der Waals surface area (Å²) in [5.41, 5.74) is -0.165. The van der Waals surface area contributed by atoms with E-state index in [1.165, 1.54) is 28.0 Å². The Hall–Kier alpha value is -3.89. The third kappa shape index (κ3) is 5.03. The number of urea groups is 1. The molecule has 37 heavy (non-hydrogen) atoms. The summed E-state index contributed by atoms with van der Waals surface area (Å²) in [5, 5.41) is 5.39. The fraction of sp³-hybridized carbons (Fsp3) is 0.385. The molecule has 4 rings (SSSR count). The van der Waals surface area contributed by atoms with Gasteiger partial charge in [-0.2, -0.15) is 13.2 Å².